The van der Waals surface area contributed by atoms with Crippen LogP contribution in [0.5, 0.6) is 5.75 Å². The van der Waals surface area contributed by atoms with E-state index in [2.05, 4.69) is 5.32 Å². The number of aryl methyl sites for hydroxylation is 1. The summed E-state index contributed by atoms with van der Waals surface area (Å²) in [5.74, 6) is 0.0424. The minimum atomic E-state index is -0.278. The van der Waals surface area contributed by atoms with Crippen molar-refractivity contribution in [1.82, 2.24) is 5.32 Å². The summed E-state index contributed by atoms with van der Waals surface area (Å²) in [4.78, 5) is 10.7. The molecule has 0 bridgehead atoms. The van der Waals surface area contributed by atoms with Crippen LogP contribution in [-0.4, -0.2) is 17.6 Å². The summed E-state index contributed by atoms with van der Waals surface area (Å²) in [6.07, 6.45) is 3.54. The average molecular weight is 234 g/mol. The predicted octanol–water partition coefficient (Wildman–Crippen LogP) is 1.23. The topological polar surface area (TPSA) is 75.4 Å². The number of fused-ring (bicyclic) bond motifs is 1. The van der Waals surface area contributed by atoms with Crippen LogP contribution in [-0.2, 0) is 11.2 Å². The Balaban J connectivity index is 2.04. The van der Waals surface area contributed by atoms with Gasteiger partial charge in [-0.3, -0.25) is 4.79 Å². The second-order valence-corrected chi connectivity index (χ2v) is 4.50. The average Bonchev–Trinajstić information content (AvgIpc) is 2.28. The summed E-state index contributed by atoms with van der Waals surface area (Å²) in [7, 11) is 0. The summed E-state index contributed by atoms with van der Waals surface area (Å²) >= 11 is 0. The standard InChI is InChI=1S/C13H18N2O2/c14-13(17)6-7-15-12-3-1-2-9-8-10(16)4-5-11(9)12/h4-5,8,12,15-16H,1-3,6-7H2,(H2,14,17). The second kappa shape index (κ2) is 5.19. The zero-order valence-electron chi connectivity index (χ0n) is 9.78. The maximum Gasteiger partial charge on any atom is 0.218 e. The highest BCUT2D eigenvalue weighted by molar-refractivity contribution is 5.73. The van der Waals surface area contributed by atoms with Gasteiger partial charge in [-0.05, 0) is 42.5 Å². The van der Waals surface area contributed by atoms with Gasteiger partial charge in [0.25, 0.3) is 0 Å². The van der Waals surface area contributed by atoms with Crippen molar-refractivity contribution in [1.29, 1.82) is 0 Å². The van der Waals surface area contributed by atoms with Gasteiger partial charge in [0, 0.05) is 19.0 Å². The van der Waals surface area contributed by atoms with Gasteiger partial charge < -0.3 is 16.2 Å². The molecule has 1 aliphatic carbocycles. The first kappa shape index (κ1) is 11.9. The van der Waals surface area contributed by atoms with Gasteiger partial charge in [0.2, 0.25) is 5.91 Å². The molecule has 1 aromatic carbocycles. The fourth-order valence-electron chi connectivity index (χ4n) is 2.38. The fourth-order valence-corrected chi connectivity index (χ4v) is 2.38. The highest BCUT2D eigenvalue weighted by Crippen LogP contribution is 2.31. The van der Waals surface area contributed by atoms with Gasteiger partial charge in [0.15, 0.2) is 0 Å². The van der Waals surface area contributed by atoms with Crippen molar-refractivity contribution >= 4 is 5.91 Å². The van der Waals surface area contributed by atoms with E-state index in [-0.39, 0.29) is 11.9 Å². The molecule has 0 aliphatic heterocycles. The largest absolute Gasteiger partial charge is 0.508 e. The van der Waals surface area contributed by atoms with Crippen molar-refractivity contribution < 1.29 is 9.90 Å². The molecular formula is C13H18N2O2. The van der Waals surface area contributed by atoms with Crippen LogP contribution in [0.2, 0.25) is 0 Å². The van der Waals surface area contributed by atoms with E-state index in [0.29, 0.717) is 18.7 Å². The molecule has 1 aromatic rings. The number of nitrogens with one attached hydrogen (secondary N) is 1. The summed E-state index contributed by atoms with van der Waals surface area (Å²) in [6, 6.07) is 5.79. The van der Waals surface area contributed by atoms with E-state index < -0.39 is 0 Å². The van der Waals surface area contributed by atoms with E-state index >= 15 is 0 Å². The third kappa shape index (κ3) is 2.97. The van der Waals surface area contributed by atoms with E-state index in [0.717, 1.165) is 19.3 Å². The lowest BCUT2D eigenvalue weighted by atomic mass is 9.87. The first-order valence-corrected chi connectivity index (χ1v) is 6.00. The van der Waals surface area contributed by atoms with E-state index in [1.165, 1.54) is 11.1 Å². The number of hydrogen-bond donors (Lipinski definition) is 3. The molecule has 1 amide bonds. The van der Waals surface area contributed by atoms with Crippen LogP contribution in [0.4, 0.5) is 0 Å². The normalized spacial score (nSPS) is 18.7. The molecule has 1 unspecified atom stereocenters. The number of hydrogen-bond acceptors (Lipinski definition) is 3. The first-order valence-electron chi connectivity index (χ1n) is 6.00. The monoisotopic (exact) mass is 234 g/mol. The van der Waals surface area contributed by atoms with Gasteiger partial charge in [0.1, 0.15) is 5.75 Å². The Morgan fingerprint density at radius 1 is 1.53 bits per heavy atom. The highest BCUT2D eigenvalue weighted by Gasteiger charge is 2.19. The van der Waals surface area contributed by atoms with Crippen LogP contribution < -0.4 is 11.1 Å². The summed E-state index contributed by atoms with van der Waals surface area (Å²) in [6.45, 7) is 0.611. The number of primary amides is 1. The number of phenolic OH excluding ortho intramolecular Hbond substituents is 1. The number of benzene rings is 1. The number of phenols is 1. The van der Waals surface area contributed by atoms with Crippen molar-refractivity contribution in [3.05, 3.63) is 29.3 Å². The predicted molar refractivity (Wildman–Crippen MR) is 65.6 cm³/mol. The van der Waals surface area contributed by atoms with Gasteiger partial charge in [-0.25, -0.2) is 0 Å². The quantitative estimate of drug-likeness (QED) is 0.733. The molecule has 0 heterocycles. The number of nitrogens with two attached hydrogens (primary N) is 1. The van der Waals surface area contributed by atoms with Crippen LogP contribution in [0.25, 0.3) is 0 Å². The van der Waals surface area contributed by atoms with Gasteiger partial charge in [0.05, 0.1) is 0 Å². The number of amides is 1. The highest BCUT2D eigenvalue weighted by atomic mass is 16.3. The van der Waals surface area contributed by atoms with Crippen LogP contribution >= 0.6 is 0 Å². The van der Waals surface area contributed by atoms with Crippen molar-refractivity contribution in [3.8, 4) is 5.75 Å². The summed E-state index contributed by atoms with van der Waals surface area (Å²) in [5, 5.41) is 12.8. The molecule has 0 radical (unpaired) electrons. The lowest BCUT2D eigenvalue weighted by molar-refractivity contribution is -0.117. The second-order valence-electron chi connectivity index (χ2n) is 4.50. The molecule has 0 saturated carbocycles. The van der Waals surface area contributed by atoms with Gasteiger partial charge >= 0.3 is 0 Å². The molecule has 2 rings (SSSR count). The Morgan fingerprint density at radius 3 is 3.12 bits per heavy atom. The number of carbonyl (C=O) groups is 1. The zero-order chi connectivity index (χ0) is 12.3. The number of aromatic hydroxyl groups is 1. The van der Waals surface area contributed by atoms with Crippen molar-refractivity contribution in [2.45, 2.75) is 31.7 Å². The summed E-state index contributed by atoms with van der Waals surface area (Å²) < 4.78 is 0. The third-order valence-corrected chi connectivity index (χ3v) is 3.20. The molecule has 1 aliphatic rings. The number of rotatable bonds is 4. The lowest BCUT2D eigenvalue weighted by Gasteiger charge is -2.26. The molecule has 4 heteroatoms. The van der Waals surface area contributed by atoms with E-state index in [4.69, 9.17) is 5.73 Å². The molecule has 17 heavy (non-hydrogen) atoms. The van der Waals surface area contributed by atoms with E-state index in [1.54, 1.807) is 6.07 Å². The Morgan fingerprint density at radius 2 is 2.35 bits per heavy atom. The number of carbonyl (C=O) groups excluding carboxylic acids is 1. The Bertz CT molecular complexity index is 418. The fraction of sp³-hybridized carbons (Fsp3) is 0.462. The lowest BCUT2D eigenvalue weighted by Crippen LogP contribution is -2.28. The van der Waals surface area contributed by atoms with Crippen LogP contribution in [0.3, 0.4) is 0 Å². The Labute approximate surface area is 101 Å². The Hall–Kier alpha value is -1.55. The van der Waals surface area contributed by atoms with Gasteiger partial charge in [-0.15, -0.1) is 0 Å². The molecule has 1 atom stereocenters. The van der Waals surface area contributed by atoms with E-state index in [9.17, 15) is 9.90 Å². The van der Waals surface area contributed by atoms with Crippen molar-refractivity contribution in [3.63, 3.8) is 0 Å². The molecular weight excluding hydrogens is 216 g/mol. The zero-order valence-corrected chi connectivity index (χ0v) is 9.78. The molecule has 4 nitrogen and oxygen atoms in total. The SMILES string of the molecule is NC(=O)CCNC1CCCc2cc(O)ccc21. The smallest absolute Gasteiger partial charge is 0.218 e. The third-order valence-electron chi connectivity index (χ3n) is 3.20. The van der Waals surface area contributed by atoms with Crippen molar-refractivity contribution in [2.75, 3.05) is 6.54 Å². The van der Waals surface area contributed by atoms with Crippen LogP contribution in [0, 0.1) is 0 Å². The minimum Gasteiger partial charge on any atom is -0.508 e. The molecule has 4 N–H and O–H groups in total. The molecule has 0 spiro atoms. The van der Waals surface area contributed by atoms with Crippen LogP contribution in [0.1, 0.15) is 36.4 Å². The maximum absolute atomic E-state index is 10.7. The summed E-state index contributed by atoms with van der Waals surface area (Å²) in [5.41, 5.74) is 7.55. The maximum atomic E-state index is 10.7. The molecule has 92 valence electrons. The van der Waals surface area contributed by atoms with Crippen molar-refractivity contribution in [2.24, 2.45) is 5.73 Å². The van der Waals surface area contributed by atoms with Crippen LogP contribution in [0.15, 0.2) is 18.2 Å². The van der Waals surface area contributed by atoms with Gasteiger partial charge in [-0.2, -0.15) is 0 Å². The van der Waals surface area contributed by atoms with E-state index in [1.807, 2.05) is 12.1 Å². The minimum absolute atomic E-state index is 0.277. The van der Waals surface area contributed by atoms with Gasteiger partial charge in [-0.1, -0.05) is 6.07 Å². The molecule has 0 aromatic heterocycles. The Kier molecular flexibility index (Phi) is 3.64. The first-order chi connectivity index (χ1) is 8.16. The molecule has 0 fully saturated rings. The molecule has 0 saturated heterocycles.